The van der Waals surface area contributed by atoms with Gasteiger partial charge in [-0.25, -0.2) is 0 Å². The minimum Gasteiger partial charge on any atom is -0.0842 e. The molecule has 0 heteroatoms. The molecule has 5 aliphatic rings. The average molecular weight is 395 g/mol. The second-order valence-corrected chi connectivity index (χ2v) is 11.2. The molecule has 0 radical (unpaired) electrons. The molecular formula is C30H34. The molecule has 1 saturated carbocycles. The fourth-order valence-electron chi connectivity index (χ4n) is 7.59. The Morgan fingerprint density at radius 3 is 2.53 bits per heavy atom. The fourth-order valence-corrected chi connectivity index (χ4v) is 7.59. The van der Waals surface area contributed by atoms with E-state index in [0.29, 0.717) is 5.92 Å². The molecule has 154 valence electrons. The SMILES string of the molecule is CC(C)(C)C1(C2CCCC3C2=C2Cc4ccccc4C2=C2C=CCCC23)C=CC=C1. The molecule has 0 nitrogen and oxygen atoms in total. The van der Waals surface area contributed by atoms with Crippen LogP contribution < -0.4 is 0 Å². The molecule has 1 aromatic carbocycles. The number of hydrogen-bond donors (Lipinski definition) is 0. The predicted molar refractivity (Wildman–Crippen MR) is 127 cm³/mol. The Morgan fingerprint density at radius 1 is 0.933 bits per heavy atom. The molecular weight excluding hydrogens is 360 g/mol. The number of rotatable bonds is 1. The van der Waals surface area contributed by atoms with E-state index in [2.05, 4.69) is 81.5 Å². The highest BCUT2D eigenvalue weighted by Crippen LogP contribution is 2.63. The molecule has 0 spiro atoms. The second-order valence-electron chi connectivity index (χ2n) is 11.2. The Hall–Kier alpha value is -2.08. The molecule has 1 aromatic rings. The lowest BCUT2D eigenvalue weighted by atomic mass is 9.51. The van der Waals surface area contributed by atoms with Gasteiger partial charge in [-0.15, -0.1) is 0 Å². The Kier molecular flexibility index (Phi) is 4.02. The van der Waals surface area contributed by atoms with Crippen molar-refractivity contribution < 1.29 is 0 Å². The van der Waals surface area contributed by atoms with Crippen LogP contribution in [-0.2, 0) is 6.42 Å². The number of allylic oxidation sites excluding steroid dienone is 10. The van der Waals surface area contributed by atoms with Crippen LogP contribution in [0.5, 0.6) is 0 Å². The maximum absolute atomic E-state index is 2.55. The van der Waals surface area contributed by atoms with Crippen molar-refractivity contribution in [3.8, 4) is 0 Å². The van der Waals surface area contributed by atoms with Crippen LogP contribution >= 0.6 is 0 Å². The molecule has 3 atom stereocenters. The predicted octanol–water partition coefficient (Wildman–Crippen LogP) is 7.85. The Balaban J connectivity index is 1.62. The monoisotopic (exact) mass is 394 g/mol. The maximum atomic E-state index is 2.55. The average Bonchev–Trinajstić information content (AvgIpc) is 3.39. The van der Waals surface area contributed by atoms with Gasteiger partial charge in [-0.2, -0.15) is 0 Å². The van der Waals surface area contributed by atoms with E-state index in [4.69, 9.17) is 0 Å². The van der Waals surface area contributed by atoms with Crippen LogP contribution in [0.15, 0.2) is 77.4 Å². The lowest BCUT2D eigenvalue weighted by molar-refractivity contribution is 0.107. The summed E-state index contributed by atoms with van der Waals surface area (Å²) >= 11 is 0. The molecule has 0 N–H and O–H groups in total. The molecule has 0 saturated heterocycles. The van der Waals surface area contributed by atoms with Crippen LogP contribution in [0.1, 0.15) is 64.0 Å². The normalized spacial score (nSPS) is 31.0. The molecule has 0 aromatic heterocycles. The van der Waals surface area contributed by atoms with Gasteiger partial charge in [0.1, 0.15) is 0 Å². The molecule has 1 fully saturated rings. The Labute approximate surface area is 182 Å². The Morgan fingerprint density at radius 2 is 1.73 bits per heavy atom. The molecule has 0 aliphatic heterocycles. The molecule has 0 bridgehead atoms. The van der Waals surface area contributed by atoms with Gasteiger partial charge in [-0.3, -0.25) is 0 Å². The van der Waals surface area contributed by atoms with Crippen LogP contribution in [0.3, 0.4) is 0 Å². The van der Waals surface area contributed by atoms with Gasteiger partial charge in [0.2, 0.25) is 0 Å². The van der Waals surface area contributed by atoms with E-state index in [0.717, 1.165) is 18.3 Å². The van der Waals surface area contributed by atoms with Gasteiger partial charge >= 0.3 is 0 Å². The lowest BCUT2D eigenvalue weighted by Crippen LogP contribution is -2.44. The standard InChI is InChI=1S/C30H34/c1-29(2,3)30(17-8-9-18-30)26-16-10-15-24-22-13-6-7-14-23(22)27-21-12-5-4-11-20(21)19-25(27)28(24)26/h4-5,7-9,11-12,14,17-18,22,24,26H,6,10,13,15-16,19H2,1-3H3. The van der Waals surface area contributed by atoms with Crippen LogP contribution in [0.4, 0.5) is 0 Å². The lowest BCUT2D eigenvalue weighted by Gasteiger charge is -2.53. The van der Waals surface area contributed by atoms with Crippen molar-refractivity contribution in [1.82, 2.24) is 0 Å². The van der Waals surface area contributed by atoms with Crippen molar-refractivity contribution in [2.75, 3.05) is 0 Å². The molecule has 6 rings (SSSR count). The van der Waals surface area contributed by atoms with Crippen molar-refractivity contribution in [2.45, 2.75) is 59.3 Å². The van der Waals surface area contributed by atoms with E-state index in [1.54, 1.807) is 22.3 Å². The molecule has 5 aliphatic carbocycles. The third-order valence-electron chi connectivity index (χ3n) is 8.93. The van der Waals surface area contributed by atoms with Gasteiger partial charge in [0.05, 0.1) is 0 Å². The zero-order chi connectivity index (χ0) is 20.5. The van der Waals surface area contributed by atoms with Gasteiger partial charge in [0, 0.05) is 5.41 Å². The maximum Gasteiger partial charge on any atom is 0.0181 e. The molecule has 30 heavy (non-hydrogen) atoms. The summed E-state index contributed by atoms with van der Waals surface area (Å²) in [5.41, 5.74) is 10.3. The molecule has 3 unspecified atom stereocenters. The quantitative estimate of drug-likeness (QED) is 0.455. The molecule has 0 amide bonds. The largest absolute Gasteiger partial charge is 0.0842 e. The Bertz CT molecular complexity index is 1030. The smallest absolute Gasteiger partial charge is 0.0181 e. The van der Waals surface area contributed by atoms with Crippen LogP contribution in [-0.4, -0.2) is 0 Å². The summed E-state index contributed by atoms with van der Waals surface area (Å²) in [6.07, 6.45) is 22.5. The zero-order valence-corrected chi connectivity index (χ0v) is 18.7. The van der Waals surface area contributed by atoms with Crippen molar-refractivity contribution in [3.05, 3.63) is 88.6 Å². The van der Waals surface area contributed by atoms with Gasteiger partial charge in [-0.05, 0) is 83.1 Å². The third-order valence-corrected chi connectivity index (χ3v) is 8.93. The van der Waals surface area contributed by atoms with Crippen molar-refractivity contribution in [3.63, 3.8) is 0 Å². The van der Waals surface area contributed by atoms with E-state index in [1.807, 2.05) is 5.57 Å². The summed E-state index contributed by atoms with van der Waals surface area (Å²) in [5, 5.41) is 0. The first kappa shape index (κ1) is 18.7. The fraction of sp³-hybridized carbons (Fsp3) is 0.467. The first-order chi connectivity index (χ1) is 14.5. The second kappa shape index (κ2) is 6.46. The summed E-state index contributed by atoms with van der Waals surface area (Å²) in [4.78, 5) is 0. The van der Waals surface area contributed by atoms with E-state index in [9.17, 15) is 0 Å². The van der Waals surface area contributed by atoms with Gasteiger partial charge in [-0.1, -0.05) is 93.5 Å². The van der Waals surface area contributed by atoms with Crippen molar-refractivity contribution in [2.24, 2.45) is 28.6 Å². The van der Waals surface area contributed by atoms with E-state index in [-0.39, 0.29) is 10.8 Å². The van der Waals surface area contributed by atoms with E-state index >= 15 is 0 Å². The number of fused-ring (bicyclic) bond motifs is 6. The first-order valence-corrected chi connectivity index (χ1v) is 12.1. The minimum atomic E-state index is 0.149. The summed E-state index contributed by atoms with van der Waals surface area (Å²) in [5.74, 6) is 2.11. The molecule has 0 heterocycles. The highest BCUT2D eigenvalue weighted by atomic mass is 14.6. The van der Waals surface area contributed by atoms with Crippen LogP contribution in [0.2, 0.25) is 0 Å². The van der Waals surface area contributed by atoms with Gasteiger partial charge < -0.3 is 0 Å². The summed E-state index contributed by atoms with van der Waals surface area (Å²) < 4.78 is 0. The van der Waals surface area contributed by atoms with Gasteiger partial charge in [0.15, 0.2) is 0 Å². The highest BCUT2D eigenvalue weighted by molar-refractivity contribution is 5.91. The van der Waals surface area contributed by atoms with Crippen molar-refractivity contribution >= 4 is 5.57 Å². The number of benzene rings is 1. The topological polar surface area (TPSA) is 0 Å². The van der Waals surface area contributed by atoms with E-state index in [1.165, 1.54) is 37.7 Å². The van der Waals surface area contributed by atoms with Crippen molar-refractivity contribution in [1.29, 1.82) is 0 Å². The van der Waals surface area contributed by atoms with Crippen LogP contribution in [0.25, 0.3) is 5.57 Å². The highest BCUT2D eigenvalue weighted by Gasteiger charge is 2.52. The summed E-state index contributed by atoms with van der Waals surface area (Å²) in [6, 6.07) is 9.23. The van der Waals surface area contributed by atoms with Gasteiger partial charge in [0.25, 0.3) is 0 Å². The zero-order valence-electron chi connectivity index (χ0n) is 18.7. The number of hydrogen-bond acceptors (Lipinski definition) is 0. The summed E-state index contributed by atoms with van der Waals surface area (Å²) in [6.45, 7) is 7.37. The minimum absolute atomic E-state index is 0.149. The van der Waals surface area contributed by atoms with Crippen LogP contribution in [0, 0.1) is 28.6 Å². The summed E-state index contributed by atoms with van der Waals surface area (Å²) in [7, 11) is 0. The van der Waals surface area contributed by atoms with E-state index < -0.39 is 0 Å². The first-order valence-electron chi connectivity index (χ1n) is 12.1. The third kappa shape index (κ3) is 2.40.